The van der Waals surface area contributed by atoms with Gasteiger partial charge in [-0.25, -0.2) is 8.78 Å². The van der Waals surface area contributed by atoms with Gasteiger partial charge in [0.25, 0.3) is 0 Å². The number of carboxylic acids is 1. The number of halogens is 2. The molecule has 2 aliphatic heterocycles. The number of aliphatic carboxylic acids is 1. The van der Waals surface area contributed by atoms with Crippen LogP contribution in [0.15, 0.2) is 54.6 Å². The molecule has 4 atom stereocenters. The second kappa shape index (κ2) is 15.3. The lowest BCUT2D eigenvalue weighted by Gasteiger charge is -2.35. The molecule has 3 heterocycles. The Morgan fingerprint density at radius 1 is 1.09 bits per heavy atom. The molecule has 9 heteroatoms. The highest BCUT2D eigenvalue weighted by Crippen LogP contribution is 2.38. The third-order valence-corrected chi connectivity index (χ3v) is 9.85. The van der Waals surface area contributed by atoms with Crippen molar-refractivity contribution in [1.29, 1.82) is 0 Å². The van der Waals surface area contributed by atoms with Gasteiger partial charge in [0, 0.05) is 43.6 Å². The highest BCUT2D eigenvalue weighted by Gasteiger charge is 2.42. The quantitative estimate of drug-likeness (QED) is 0.225. The fraction of sp³-hybridized carbons (Fsp3) is 0.556. The number of ether oxygens (including phenoxy) is 1. The van der Waals surface area contributed by atoms with E-state index in [0.717, 1.165) is 67.2 Å². The molecule has 0 amide bonds. The average molecular weight is 623 g/mol. The van der Waals surface area contributed by atoms with E-state index >= 15 is 0 Å². The summed E-state index contributed by atoms with van der Waals surface area (Å²) in [4.78, 5) is 16.9. The Balaban J connectivity index is 1.26. The van der Waals surface area contributed by atoms with Crippen LogP contribution in [0.1, 0.15) is 74.4 Å². The van der Waals surface area contributed by atoms with E-state index in [4.69, 9.17) is 9.84 Å². The van der Waals surface area contributed by atoms with Gasteiger partial charge in [0.15, 0.2) is 0 Å². The number of likely N-dealkylation sites (tertiary alicyclic amines) is 2. The van der Waals surface area contributed by atoms with E-state index in [1.165, 1.54) is 6.07 Å². The van der Waals surface area contributed by atoms with Crippen molar-refractivity contribution >= 4 is 5.97 Å². The lowest BCUT2D eigenvalue weighted by atomic mass is 9.87. The molecule has 1 N–H and O–H groups in total. The van der Waals surface area contributed by atoms with Crippen molar-refractivity contribution in [3.63, 3.8) is 0 Å². The van der Waals surface area contributed by atoms with Gasteiger partial charge in [0.1, 0.15) is 24.3 Å². The van der Waals surface area contributed by atoms with E-state index in [-0.39, 0.29) is 30.1 Å². The van der Waals surface area contributed by atoms with Gasteiger partial charge in [0.05, 0.1) is 18.8 Å². The summed E-state index contributed by atoms with van der Waals surface area (Å²) in [6, 6.07) is 16.5. The molecular formula is C36H48F2N4O3. The van der Waals surface area contributed by atoms with Crippen LogP contribution in [-0.4, -0.2) is 82.7 Å². The lowest BCUT2D eigenvalue weighted by molar-refractivity contribution is -0.145. The molecule has 2 aliphatic rings. The number of alkyl halides is 1. The lowest BCUT2D eigenvalue weighted by Crippen LogP contribution is -2.45. The van der Waals surface area contributed by atoms with Crippen LogP contribution in [0, 0.1) is 17.7 Å². The maximum Gasteiger partial charge on any atom is 0.321 e. The second-order valence-electron chi connectivity index (χ2n) is 12.8. The summed E-state index contributed by atoms with van der Waals surface area (Å²) in [5, 5.41) is 14.9. The molecule has 2 aromatic carbocycles. The van der Waals surface area contributed by atoms with Gasteiger partial charge in [0.2, 0.25) is 0 Å². The first-order valence-corrected chi connectivity index (χ1v) is 16.6. The molecule has 0 aliphatic carbocycles. The molecule has 0 saturated carbocycles. The van der Waals surface area contributed by atoms with Crippen LogP contribution in [0.5, 0.6) is 5.75 Å². The van der Waals surface area contributed by atoms with Crippen molar-refractivity contribution in [3.05, 3.63) is 82.9 Å². The Kier molecular flexibility index (Phi) is 11.3. The molecule has 5 rings (SSSR count). The van der Waals surface area contributed by atoms with Crippen LogP contribution in [0.3, 0.4) is 0 Å². The van der Waals surface area contributed by atoms with Gasteiger partial charge in [-0.2, -0.15) is 5.10 Å². The normalized spacial score (nSPS) is 21.2. The zero-order valence-electron chi connectivity index (χ0n) is 26.9. The molecule has 45 heavy (non-hydrogen) atoms. The molecule has 2 fully saturated rings. The Morgan fingerprint density at radius 2 is 1.84 bits per heavy atom. The first-order valence-electron chi connectivity index (χ1n) is 16.6. The minimum Gasteiger partial charge on any atom is -0.494 e. The van der Waals surface area contributed by atoms with Gasteiger partial charge < -0.3 is 14.7 Å². The molecule has 3 aromatic rings. The average Bonchev–Trinajstić information content (AvgIpc) is 3.62. The van der Waals surface area contributed by atoms with Crippen LogP contribution in [0.25, 0.3) is 0 Å². The van der Waals surface area contributed by atoms with Gasteiger partial charge >= 0.3 is 5.97 Å². The number of rotatable bonds is 14. The van der Waals surface area contributed by atoms with E-state index in [1.54, 1.807) is 12.1 Å². The number of nitrogens with zero attached hydrogens (tertiary/aromatic N) is 4. The largest absolute Gasteiger partial charge is 0.494 e. The number of hydrogen-bond acceptors (Lipinski definition) is 5. The fourth-order valence-electron chi connectivity index (χ4n) is 7.40. The SMILES string of the molecule is CCOc1ccc(Cc2cc(C3CCN(C[C@H]4CN([C@@H](C(=O)O)[C@@H](C)CC)C[C@@H]4c4cccc(F)c4)CC3)n(CCF)n2)cc1. The van der Waals surface area contributed by atoms with Crippen LogP contribution in [0.4, 0.5) is 8.78 Å². The van der Waals surface area contributed by atoms with Crippen molar-refractivity contribution in [2.45, 2.75) is 70.9 Å². The summed E-state index contributed by atoms with van der Waals surface area (Å²) in [6.45, 7) is 10.4. The summed E-state index contributed by atoms with van der Waals surface area (Å²) in [5.41, 5.74) is 4.14. The number of aromatic nitrogens is 2. The molecule has 0 radical (unpaired) electrons. The molecule has 1 aromatic heterocycles. The van der Waals surface area contributed by atoms with Gasteiger partial charge in [-0.1, -0.05) is 44.5 Å². The van der Waals surface area contributed by atoms with Crippen molar-refractivity contribution in [3.8, 4) is 5.75 Å². The molecule has 0 spiro atoms. The maximum absolute atomic E-state index is 14.3. The minimum atomic E-state index is -0.782. The maximum atomic E-state index is 14.3. The van der Waals surface area contributed by atoms with Crippen LogP contribution < -0.4 is 4.74 Å². The predicted octanol–water partition coefficient (Wildman–Crippen LogP) is 6.38. The van der Waals surface area contributed by atoms with E-state index < -0.39 is 18.7 Å². The third kappa shape index (κ3) is 8.11. The molecule has 2 saturated heterocycles. The first-order chi connectivity index (χ1) is 21.8. The predicted molar refractivity (Wildman–Crippen MR) is 172 cm³/mol. The fourth-order valence-corrected chi connectivity index (χ4v) is 7.40. The summed E-state index contributed by atoms with van der Waals surface area (Å²) in [7, 11) is 0. The number of piperidine rings is 1. The zero-order valence-corrected chi connectivity index (χ0v) is 26.9. The van der Waals surface area contributed by atoms with Crippen LogP contribution in [0.2, 0.25) is 0 Å². The van der Waals surface area contributed by atoms with Crippen molar-refractivity contribution < 1.29 is 23.4 Å². The van der Waals surface area contributed by atoms with Crippen molar-refractivity contribution in [1.82, 2.24) is 19.6 Å². The molecule has 0 bridgehead atoms. The minimum absolute atomic E-state index is 0.0265. The van der Waals surface area contributed by atoms with Gasteiger partial charge in [-0.15, -0.1) is 0 Å². The smallest absolute Gasteiger partial charge is 0.321 e. The van der Waals surface area contributed by atoms with Gasteiger partial charge in [-0.05, 0) is 86.1 Å². The Bertz CT molecular complexity index is 1390. The van der Waals surface area contributed by atoms with E-state index in [9.17, 15) is 18.7 Å². The Hall–Kier alpha value is -3.30. The Morgan fingerprint density at radius 3 is 2.49 bits per heavy atom. The molecule has 244 valence electrons. The van der Waals surface area contributed by atoms with Crippen molar-refractivity contribution in [2.75, 3.05) is 46.0 Å². The second-order valence-corrected chi connectivity index (χ2v) is 12.8. The van der Waals surface area contributed by atoms with Crippen LogP contribution >= 0.6 is 0 Å². The first kappa shape index (κ1) is 33.1. The third-order valence-electron chi connectivity index (χ3n) is 9.85. The number of aryl methyl sites for hydroxylation is 1. The number of carboxylic acid groups (broad SMARTS) is 1. The van der Waals surface area contributed by atoms with Gasteiger partial charge in [-0.3, -0.25) is 14.4 Å². The van der Waals surface area contributed by atoms with E-state index in [0.29, 0.717) is 32.0 Å². The van der Waals surface area contributed by atoms with Crippen molar-refractivity contribution in [2.24, 2.45) is 11.8 Å². The number of benzene rings is 2. The topological polar surface area (TPSA) is 70.8 Å². The summed E-state index contributed by atoms with van der Waals surface area (Å²) in [6.07, 6.45) is 3.38. The summed E-state index contributed by atoms with van der Waals surface area (Å²) < 4.78 is 35.2. The molecule has 0 unspecified atom stereocenters. The number of hydrogen-bond donors (Lipinski definition) is 1. The van der Waals surface area contributed by atoms with Crippen LogP contribution in [-0.2, 0) is 17.8 Å². The number of carbonyl (C=O) groups is 1. The summed E-state index contributed by atoms with van der Waals surface area (Å²) >= 11 is 0. The molecule has 7 nitrogen and oxygen atoms in total. The summed E-state index contributed by atoms with van der Waals surface area (Å²) in [5.74, 6) is 0.410. The van der Waals surface area contributed by atoms with E-state index in [1.807, 2.05) is 43.7 Å². The standard InChI is InChI=1S/C36H48F2N4O3/c1-4-25(3)35(36(43)44)41-23-29(33(24-41)28-7-6-8-30(38)20-28)22-40-16-13-27(14-17-40)34-21-31(39-42(34)18-15-37)19-26-9-11-32(12-10-26)45-5-2/h6-12,20-21,25,27,29,33,35H,4-5,13-19,22-24H2,1-3H3,(H,43,44)/t25-,29-,33+,35+/m0/s1. The zero-order chi connectivity index (χ0) is 31.9. The Labute approximate surface area is 266 Å². The van der Waals surface area contributed by atoms with E-state index in [2.05, 4.69) is 28.0 Å². The molecular weight excluding hydrogens is 574 g/mol. The highest BCUT2D eigenvalue weighted by molar-refractivity contribution is 5.74. The highest BCUT2D eigenvalue weighted by atomic mass is 19.1. The monoisotopic (exact) mass is 622 g/mol.